The third kappa shape index (κ3) is 4.75. The molecule has 8 nitrogen and oxygen atoms in total. The number of aromatic nitrogens is 3. The van der Waals surface area contributed by atoms with Gasteiger partial charge in [-0.25, -0.2) is 9.78 Å². The number of nitrogens with zero attached hydrogens (tertiary/aromatic N) is 3. The predicted octanol–water partition coefficient (Wildman–Crippen LogP) is 0.807. The fourth-order valence-electron chi connectivity index (χ4n) is 2.91. The van der Waals surface area contributed by atoms with E-state index in [0.717, 1.165) is 5.69 Å². The summed E-state index contributed by atoms with van der Waals surface area (Å²) in [6.45, 7) is 4.84. The predicted molar refractivity (Wildman–Crippen MR) is 96.0 cm³/mol. The van der Waals surface area contributed by atoms with Crippen molar-refractivity contribution in [3.05, 3.63) is 44.5 Å². The summed E-state index contributed by atoms with van der Waals surface area (Å²) in [6, 6.07) is 1.62. The highest BCUT2D eigenvalue weighted by atomic mass is 32.1. The molecule has 0 bridgehead atoms. The van der Waals surface area contributed by atoms with Crippen LogP contribution in [0, 0.1) is 13.8 Å². The van der Waals surface area contributed by atoms with E-state index in [0.29, 0.717) is 37.6 Å². The van der Waals surface area contributed by atoms with Gasteiger partial charge >= 0.3 is 5.69 Å². The first-order valence-electron chi connectivity index (χ1n) is 8.44. The largest absolute Gasteiger partial charge is 0.379 e. The zero-order chi connectivity index (χ0) is 18.5. The Balaban J connectivity index is 1.60. The molecule has 1 saturated heterocycles. The molecular formula is C17H22N4O4S. The van der Waals surface area contributed by atoms with E-state index >= 15 is 0 Å². The zero-order valence-electron chi connectivity index (χ0n) is 14.8. The van der Waals surface area contributed by atoms with Gasteiger partial charge in [-0.3, -0.25) is 9.36 Å². The topological polar surface area (TPSA) is 95.3 Å². The quantitative estimate of drug-likeness (QED) is 0.799. The molecule has 0 aromatic carbocycles. The first-order valence-corrected chi connectivity index (χ1v) is 9.38. The normalized spacial score (nSPS) is 20.1. The lowest BCUT2D eigenvalue weighted by Gasteiger charge is -2.32. The summed E-state index contributed by atoms with van der Waals surface area (Å²) in [5, 5.41) is 4.89. The summed E-state index contributed by atoms with van der Waals surface area (Å²) in [4.78, 5) is 32.5. The van der Waals surface area contributed by atoms with Gasteiger partial charge in [-0.05, 0) is 26.3 Å². The number of amides is 1. The van der Waals surface area contributed by atoms with Gasteiger partial charge in [-0.1, -0.05) is 0 Å². The molecule has 0 unspecified atom stereocenters. The lowest BCUT2D eigenvalue weighted by Crippen LogP contribution is -2.51. The molecule has 1 aliphatic heterocycles. The van der Waals surface area contributed by atoms with Gasteiger partial charge in [0.25, 0.3) is 0 Å². The number of hydrogen-bond donors (Lipinski definition) is 1. The maximum atomic E-state index is 12.4. The van der Waals surface area contributed by atoms with Gasteiger partial charge in [-0.2, -0.15) is 4.98 Å². The number of nitrogens with one attached hydrogen (secondary N) is 1. The third-order valence-electron chi connectivity index (χ3n) is 4.23. The molecule has 0 radical (unpaired) electrons. The Morgan fingerprint density at radius 3 is 3.08 bits per heavy atom. The van der Waals surface area contributed by atoms with Crippen molar-refractivity contribution in [1.29, 1.82) is 0 Å². The average molecular weight is 378 g/mol. The van der Waals surface area contributed by atoms with Crippen LogP contribution in [0.2, 0.25) is 0 Å². The molecule has 3 heterocycles. The van der Waals surface area contributed by atoms with Crippen molar-refractivity contribution >= 4 is 17.2 Å². The molecule has 140 valence electrons. The minimum atomic E-state index is -0.416. The molecule has 26 heavy (non-hydrogen) atoms. The highest BCUT2D eigenvalue weighted by Crippen LogP contribution is 2.14. The van der Waals surface area contributed by atoms with E-state index in [1.807, 2.05) is 5.38 Å². The van der Waals surface area contributed by atoms with Crippen LogP contribution in [-0.2, 0) is 27.4 Å². The summed E-state index contributed by atoms with van der Waals surface area (Å²) < 4.78 is 12.7. The van der Waals surface area contributed by atoms with E-state index in [2.05, 4.69) is 15.3 Å². The lowest BCUT2D eigenvalue weighted by molar-refractivity contribution is -0.127. The monoisotopic (exact) mass is 378 g/mol. The highest BCUT2D eigenvalue weighted by Gasteiger charge is 2.28. The number of carbonyl (C=O) groups is 1. The van der Waals surface area contributed by atoms with Crippen LogP contribution < -0.4 is 11.0 Å². The maximum absolute atomic E-state index is 12.4. The van der Waals surface area contributed by atoms with Crippen molar-refractivity contribution in [2.75, 3.05) is 13.2 Å². The van der Waals surface area contributed by atoms with Crippen molar-refractivity contribution in [3.8, 4) is 0 Å². The Labute approximate surface area is 155 Å². The van der Waals surface area contributed by atoms with Crippen molar-refractivity contribution in [2.24, 2.45) is 0 Å². The number of hydrogen-bond acceptors (Lipinski definition) is 7. The molecule has 0 saturated carbocycles. The minimum Gasteiger partial charge on any atom is -0.379 e. The Morgan fingerprint density at radius 2 is 2.35 bits per heavy atom. The lowest BCUT2D eigenvalue weighted by atomic mass is 10.1. The number of carbonyl (C=O) groups excluding carboxylic acids is 1. The van der Waals surface area contributed by atoms with Gasteiger partial charge in [0.1, 0.15) is 12.6 Å². The first-order chi connectivity index (χ1) is 12.5. The van der Waals surface area contributed by atoms with E-state index in [-0.39, 0.29) is 24.6 Å². The molecule has 1 aliphatic rings. The van der Waals surface area contributed by atoms with E-state index in [9.17, 15) is 9.59 Å². The second-order valence-electron chi connectivity index (χ2n) is 6.27. The van der Waals surface area contributed by atoms with Gasteiger partial charge in [0.05, 0.1) is 30.5 Å². The van der Waals surface area contributed by atoms with Gasteiger partial charge in [0.2, 0.25) is 5.91 Å². The molecule has 1 fully saturated rings. The summed E-state index contributed by atoms with van der Waals surface area (Å²) in [5.41, 5.74) is 3.55. The average Bonchev–Trinajstić information content (AvgIpc) is 3.11. The van der Waals surface area contributed by atoms with Gasteiger partial charge in [0, 0.05) is 23.4 Å². The standard InChI is InChI=1S/C17H22N4O4S/c1-11-5-12(2)21(17(23)19-11)6-16(22)20-14-3-4-24-8-15(14)25-7-13-9-26-10-18-13/h5,9-10,14-15H,3-4,6-8H2,1-2H3,(H,20,22)/t14-,15-/m1/s1. The maximum Gasteiger partial charge on any atom is 0.348 e. The molecule has 2 aromatic heterocycles. The van der Waals surface area contributed by atoms with Crippen molar-refractivity contribution in [2.45, 2.75) is 45.6 Å². The molecule has 1 N–H and O–H groups in total. The first kappa shape index (κ1) is 18.7. The van der Waals surface area contributed by atoms with E-state index in [1.165, 1.54) is 15.9 Å². The minimum absolute atomic E-state index is 0.0614. The Morgan fingerprint density at radius 1 is 1.50 bits per heavy atom. The van der Waals surface area contributed by atoms with Crippen molar-refractivity contribution < 1.29 is 14.3 Å². The second kappa shape index (κ2) is 8.52. The van der Waals surface area contributed by atoms with E-state index < -0.39 is 5.69 Å². The van der Waals surface area contributed by atoms with Crippen molar-refractivity contribution in [1.82, 2.24) is 19.9 Å². The third-order valence-corrected chi connectivity index (χ3v) is 4.86. The molecule has 1 amide bonds. The van der Waals surface area contributed by atoms with Crippen LogP contribution in [0.25, 0.3) is 0 Å². The molecule has 2 atom stereocenters. The van der Waals surface area contributed by atoms with Crippen LogP contribution in [0.4, 0.5) is 0 Å². The van der Waals surface area contributed by atoms with E-state index in [1.54, 1.807) is 25.4 Å². The van der Waals surface area contributed by atoms with Crippen LogP contribution in [0.1, 0.15) is 23.5 Å². The zero-order valence-corrected chi connectivity index (χ0v) is 15.6. The SMILES string of the molecule is Cc1cc(C)n(CC(=O)N[C@@H]2CCOC[C@H]2OCc2cscn2)c(=O)n1. The number of ether oxygens (including phenoxy) is 2. The molecule has 0 aliphatic carbocycles. The Bertz CT molecular complexity index is 806. The summed E-state index contributed by atoms with van der Waals surface area (Å²) in [7, 11) is 0. The summed E-state index contributed by atoms with van der Waals surface area (Å²) in [5.74, 6) is -0.241. The molecule has 9 heteroatoms. The van der Waals surface area contributed by atoms with Crippen molar-refractivity contribution in [3.63, 3.8) is 0 Å². The molecule has 2 aromatic rings. The van der Waals surface area contributed by atoms with E-state index in [4.69, 9.17) is 9.47 Å². The summed E-state index contributed by atoms with van der Waals surface area (Å²) in [6.07, 6.45) is 0.413. The number of thiazole rings is 1. The summed E-state index contributed by atoms with van der Waals surface area (Å²) >= 11 is 1.51. The molecule has 3 rings (SSSR count). The van der Waals surface area contributed by atoms with Crippen LogP contribution in [-0.4, -0.2) is 45.8 Å². The Hall–Kier alpha value is -2.10. The molecule has 0 spiro atoms. The van der Waals surface area contributed by atoms with Gasteiger partial charge in [-0.15, -0.1) is 11.3 Å². The smallest absolute Gasteiger partial charge is 0.348 e. The fourth-order valence-corrected chi connectivity index (χ4v) is 3.45. The van der Waals surface area contributed by atoms with Gasteiger partial charge in [0.15, 0.2) is 0 Å². The van der Waals surface area contributed by atoms with Crippen LogP contribution in [0.3, 0.4) is 0 Å². The van der Waals surface area contributed by atoms with Crippen LogP contribution >= 0.6 is 11.3 Å². The number of aryl methyl sites for hydroxylation is 2. The fraction of sp³-hybridized carbons (Fsp3) is 0.529. The highest BCUT2D eigenvalue weighted by molar-refractivity contribution is 7.07. The number of rotatable bonds is 6. The van der Waals surface area contributed by atoms with Crippen LogP contribution in [0.15, 0.2) is 21.8 Å². The molecular weight excluding hydrogens is 356 g/mol. The van der Waals surface area contributed by atoms with Crippen LogP contribution in [0.5, 0.6) is 0 Å². The van der Waals surface area contributed by atoms with Gasteiger partial charge < -0.3 is 14.8 Å². The second-order valence-corrected chi connectivity index (χ2v) is 6.99. The Kier molecular flexibility index (Phi) is 6.12.